The molecule has 1 unspecified atom stereocenters. The van der Waals surface area contributed by atoms with Gasteiger partial charge in [0.15, 0.2) is 5.76 Å². The molecule has 1 aromatic heterocycles. The third-order valence-corrected chi connectivity index (χ3v) is 3.14. The van der Waals surface area contributed by atoms with Crippen LogP contribution in [0.2, 0.25) is 0 Å². The van der Waals surface area contributed by atoms with Crippen LogP contribution in [0.1, 0.15) is 10.6 Å². The van der Waals surface area contributed by atoms with E-state index in [0.717, 1.165) is 0 Å². The Hall–Kier alpha value is -1.43. The molecular weight excluding hydrogens is 342 g/mol. The first kappa shape index (κ1) is 15.9. The fourth-order valence-electron chi connectivity index (χ4n) is 1.55. The molecule has 1 heterocycles. The highest BCUT2D eigenvalue weighted by molar-refractivity contribution is 6.68. The summed E-state index contributed by atoms with van der Waals surface area (Å²) in [7, 11) is 0. The minimum atomic E-state index is -1.85. The summed E-state index contributed by atoms with van der Waals surface area (Å²) in [5, 5.41) is 5.21. The zero-order valence-corrected chi connectivity index (χ0v) is 12.7. The molecule has 0 aliphatic rings. The predicted molar refractivity (Wildman–Crippen MR) is 80.3 cm³/mol. The maximum Gasteiger partial charge on any atom is 0.288 e. The lowest BCUT2D eigenvalue weighted by molar-refractivity contribution is 0.0914. The number of halogens is 4. The Morgan fingerprint density at radius 3 is 2.57 bits per heavy atom. The molecule has 1 aromatic carbocycles. The van der Waals surface area contributed by atoms with Gasteiger partial charge in [0.2, 0.25) is 3.79 Å². The van der Waals surface area contributed by atoms with Gasteiger partial charge < -0.3 is 15.1 Å². The highest BCUT2D eigenvalue weighted by atomic mass is 35.6. The zero-order valence-electron chi connectivity index (χ0n) is 10.4. The molecular formula is C13H10Cl3FN2O2. The number of benzene rings is 1. The molecule has 112 valence electrons. The van der Waals surface area contributed by atoms with Gasteiger partial charge in [-0.2, -0.15) is 0 Å². The number of hydrogen-bond acceptors (Lipinski definition) is 3. The topological polar surface area (TPSA) is 54.3 Å². The first-order valence-electron chi connectivity index (χ1n) is 5.79. The Bertz CT molecular complexity index is 614. The summed E-state index contributed by atoms with van der Waals surface area (Å²) >= 11 is 17.5. The summed E-state index contributed by atoms with van der Waals surface area (Å²) in [5.74, 6) is -0.962. The molecule has 2 rings (SSSR count). The van der Waals surface area contributed by atoms with Crippen molar-refractivity contribution in [3.8, 4) is 0 Å². The van der Waals surface area contributed by atoms with Gasteiger partial charge in [0, 0.05) is 5.69 Å². The normalized spacial score (nSPS) is 12.8. The van der Waals surface area contributed by atoms with Gasteiger partial charge in [-0.05, 0) is 30.3 Å². The number of furan rings is 1. The molecule has 0 saturated heterocycles. The molecule has 0 bridgehead atoms. The standard InChI is InChI=1S/C13H10Cl3FN2O2/c14-13(15,16)12(18-9-4-1-3-8(17)7-9)19-11(20)10-5-2-6-21-10/h1-7,12,18H,(H,19,20). The van der Waals surface area contributed by atoms with Gasteiger partial charge in [0.05, 0.1) is 6.26 Å². The van der Waals surface area contributed by atoms with E-state index < -0.39 is 21.7 Å². The predicted octanol–water partition coefficient (Wildman–Crippen LogP) is 3.96. The van der Waals surface area contributed by atoms with Crippen LogP contribution in [-0.2, 0) is 0 Å². The quantitative estimate of drug-likeness (QED) is 0.647. The molecule has 4 nitrogen and oxygen atoms in total. The largest absolute Gasteiger partial charge is 0.459 e. The van der Waals surface area contributed by atoms with Gasteiger partial charge in [-0.15, -0.1) is 0 Å². The lowest BCUT2D eigenvalue weighted by Crippen LogP contribution is -2.49. The van der Waals surface area contributed by atoms with Gasteiger partial charge >= 0.3 is 0 Å². The minimum absolute atomic E-state index is 0.0651. The Balaban J connectivity index is 2.14. The summed E-state index contributed by atoms with van der Waals surface area (Å²) < 4.78 is 16.3. The molecule has 21 heavy (non-hydrogen) atoms. The summed E-state index contributed by atoms with van der Waals surface area (Å²) in [6, 6.07) is 8.57. The lowest BCUT2D eigenvalue weighted by atomic mass is 10.3. The van der Waals surface area contributed by atoms with Crippen LogP contribution in [0, 0.1) is 5.82 Å². The van der Waals surface area contributed by atoms with E-state index in [-0.39, 0.29) is 5.76 Å². The summed E-state index contributed by atoms with van der Waals surface area (Å²) in [6.07, 6.45) is 0.265. The van der Waals surface area contributed by atoms with Gasteiger partial charge in [-0.25, -0.2) is 4.39 Å². The molecule has 0 fully saturated rings. The van der Waals surface area contributed by atoms with Crippen molar-refractivity contribution in [2.45, 2.75) is 9.96 Å². The summed E-state index contributed by atoms with van der Waals surface area (Å²) in [6.45, 7) is 0. The zero-order chi connectivity index (χ0) is 15.5. The number of hydrogen-bond donors (Lipinski definition) is 2. The van der Waals surface area contributed by atoms with Crippen molar-refractivity contribution in [1.29, 1.82) is 0 Å². The molecule has 0 aliphatic carbocycles. The summed E-state index contributed by atoms with van der Waals surface area (Å²) in [4.78, 5) is 11.9. The first-order chi connectivity index (χ1) is 9.86. The Morgan fingerprint density at radius 2 is 2.00 bits per heavy atom. The fourth-order valence-corrected chi connectivity index (χ4v) is 1.88. The fraction of sp³-hybridized carbons (Fsp3) is 0.154. The number of alkyl halides is 3. The maximum absolute atomic E-state index is 13.2. The van der Waals surface area contributed by atoms with E-state index in [1.165, 1.54) is 30.5 Å². The smallest absolute Gasteiger partial charge is 0.288 e. The molecule has 2 aromatic rings. The molecule has 0 aliphatic heterocycles. The summed E-state index contributed by atoms with van der Waals surface area (Å²) in [5.41, 5.74) is 0.353. The van der Waals surface area contributed by atoms with Gasteiger partial charge in [-0.1, -0.05) is 40.9 Å². The van der Waals surface area contributed by atoms with Crippen molar-refractivity contribution in [2.24, 2.45) is 0 Å². The van der Waals surface area contributed by atoms with Crippen molar-refractivity contribution < 1.29 is 13.6 Å². The second-order valence-corrected chi connectivity index (χ2v) is 6.45. The van der Waals surface area contributed by atoms with Crippen LogP contribution in [0.15, 0.2) is 47.1 Å². The van der Waals surface area contributed by atoms with Crippen LogP contribution >= 0.6 is 34.8 Å². The van der Waals surface area contributed by atoms with E-state index in [9.17, 15) is 9.18 Å². The van der Waals surface area contributed by atoms with Crippen LogP contribution < -0.4 is 10.6 Å². The molecule has 1 atom stereocenters. The van der Waals surface area contributed by atoms with Crippen molar-refractivity contribution >= 4 is 46.4 Å². The van der Waals surface area contributed by atoms with Crippen molar-refractivity contribution in [3.05, 3.63) is 54.2 Å². The lowest BCUT2D eigenvalue weighted by Gasteiger charge is -2.27. The van der Waals surface area contributed by atoms with E-state index in [0.29, 0.717) is 5.69 Å². The minimum Gasteiger partial charge on any atom is -0.459 e. The van der Waals surface area contributed by atoms with Gasteiger partial charge in [-0.3, -0.25) is 4.79 Å². The molecule has 0 radical (unpaired) electrons. The van der Waals surface area contributed by atoms with Crippen LogP contribution in [-0.4, -0.2) is 15.9 Å². The molecule has 1 amide bonds. The van der Waals surface area contributed by atoms with Gasteiger partial charge in [0.25, 0.3) is 5.91 Å². The second kappa shape index (κ2) is 6.56. The Labute approximate surface area is 135 Å². The Kier molecular flexibility index (Phi) is 4.98. The van der Waals surface area contributed by atoms with Crippen LogP contribution in [0.3, 0.4) is 0 Å². The van der Waals surface area contributed by atoms with Crippen molar-refractivity contribution in [3.63, 3.8) is 0 Å². The third kappa shape index (κ3) is 4.52. The van der Waals surface area contributed by atoms with E-state index in [4.69, 9.17) is 39.2 Å². The number of carbonyl (C=O) groups excluding carboxylic acids is 1. The maximum atomic E-state index is 13.2. The Morgan fingerprint density at radius 1 is 1.24 bits per heavy atom. The third-order valence-electron chi connectivity index (χ3n) is 2.48. The SMILES string of the molecule is O=C(NC(Nc1cccc(F)c1)C(Cl)(Cl)Cl)c1ccco1. The number of nitrogens with one attached hydrogen (secondary N) is 2. The molecule has 0 saturated carbocycles. The number of anilines is 1. The molecule has 8 heteroatoms. The highest BCUT2D eigenvalue weighted by Gasteiger charge is 2.34. The van der Waals surface area contributed by atoms with Crippen LogP contribution in [0.4, 0.5) is 10.1 Å². The number of rotatable bonds is 4. The molecule has 0 spiro atoms. The van der Waals surface area contributed by atoms with E-state index in [1.54, 1.807) is 12.1 Å². The van der Waals surface area contributed by atoms with E-state index >= 15 is 0 Å². The van der Waals surface area contributed by atoms with Crippen LogP contribution in [0.5, 0.6) is 0 Å². The first-order valence-corrected chi connectivity index (χ1v) is 6.93. The molecule has 2 N–H and O–H groups in total. The monoisotopic (exact) mass is 350 g/mol. The van der Waals surface area contributed by atoms with E-state index in [1.807, 2.05) is 0 Å². The highest BCUT2D eigenvalue weighted by Crippen LogP contribution is 2.31. The van der Waals surface area contributed by atoms with Crippen molar-refractivity contribution in [1.82, 2.24) is 5.32 Å². The average Bonchev–Trinajstić information content (AvgIpc) is 2.90. The van der Waals surface area contributed by atoms with Crippen molar-refractivity contribution in [2.75, 3.05) is 5.32 Å². The number of amides is 1. The van der Waals surface area contributed by atoms with E-state index in [2.05, 4.69) is 10.6 Å². The number of carbonyl (C=O) groups is 1. The second-order valence-electron chi connectivity index (χ2n) is 4.08. The van der Waals surface area contributed by atoms with Crippen LogP contribution in [0.25, 0.3) is 0 Å². The van der Waals surface area contributed by atoms with Gasteiger partial charge in [0.1, 0.15) is 12.0 Å². The average molecular weight is 352 g/mol.